The largest absolute Gasteiger partial charge is 0.494 e. The molecule has 1 aliphatic heterocycles. The molecular formula is C28H29F2N3O4. The first kappa shape index (κ1) is 26.2. The Hall–Kier alpha value is -3.82. The van der Waals surface area contributed by atoms with E-state index in [-0.39, 0.29) is 25.7 Å². The highest BCUT2D eigenvalue weighted by atomic mass is 19.1. The van der Waals surface area contributed by atoms with Gasteiger partial charge in [0.05, 0.1) is 6.61 Å². The van der Waals surface area contributed by atoms with E-state index in [9.17, 15) is 13.6 Å². The van der Waals surface area contributed by atoms with E-state index < -0.39 is 17.2 Å². The highest BCUT2D eigenvalue weighted by Crippen LogP contribution is 2.27. The maximum Gasteiger partial charge on any atom is 0.266 e. The molecule has 1 heterocycles. The van der Waals surface area contributed by atoms with Crippen molar-refractivity contribution in [3.8, 4) is 5.75 Å². The van der Waals surface area contributed by atoms with E-state index >= 15 is 0 Å². The van der Waals surface area contributed by atoms with Gasteiger partial charge < -0.3 is 14.6 Å². The molecule has 0 unspecified atom stereocenters. The Morgan fingerprint density at radius 3 is 2.46 bits per heavy atom. The number of carbonyl (C=O) groups excluding carboxylic acids is 1. The summed E-state index contributed by atoms with van der Waals surface area (Å²) in [6.45, 7) is 0.793. The number of hydrogen-bond acceptors (Lipinski definition) is 6. The van der Waals surface area contributed by atoms with Gasteiger partial charge in [-0.05, 0) is 53.9 Å². The third-order valence-electron chi connectivity index (χ3n) is 5.86. The van der Waals surface area contributed by atoms with Crippen LogP contribution >= 0.6 is 0 Å². The Labute approximate surface area is 214 Å². The Kier molecular flexibility index (Phi) is 8.81. The normalized spacial score (nSPS) is 16.7. The number of nitrogens with one attached hydrogen (secondary N) is 2. The summed E-state index contributed by atoms with van der Waals surface area (Å²) in [7, 11) is 0. The summed E-state index contributed by atoms with van der Waals surface area (Å²) in [5.74, 6) is -0.651. The van der Waals surface area contributed by atoms with Crippen LogP contribution in [0.15, 0.2) is 77.8 Å². The number of amides is 1. The van der Waals surface area contributed by atoms with Crippen LogP contribution in [0, 0.1) is 11.6 Å². The van der Waals surface area contributed by atoms with Gasteiger partial charge in [-0.1, -0.05) is 30.3 Å². The lowest BCUT2D eigenvalue weighted by Crippen LogP contribution is -2.53. The van der Waals surface area contributed by atoms with E-state index in [1.165, 1.54) is 12.1 Å². The molecule has 194 valence electrons. The van der Waals surface area contributed by atoms with E-state index in [0.29, 0.717) is 48.6 Å². The molecule has 37 heavy (non-hydrogen) atoms. The maximum atomic E-state index is 13.4. The Bertz CT molecular complexity index is 1200. The molecule has 3 aromatic rings. The molecule has 0 spiro atoms. The molecule has 0 saturated carbocycles. The minimum Gasteiger partial charge on any atom is -0.494 e. The first-order valence-corrected chi connectivity index (χ1v) is 12.1. The lowest BCUT2D eigenvalue weighted by atomic mass is 9.91. The smallest absolute Gasteiger partial charge is 0.266 e. The Morgan fingerprint density at radius 2 is 1.76 bits per heavy atom. The second-order valence-corrected chi connectivity index (χ2v) is 8.76. The van der Waals surface area contributed by atoms with Crippen LogP contribution in [0.2, 0.25) is 0 Å². The molecule has 3 N–H and O–H groups in total. The topological polar surface area (TPSA) is 92.2 Å². The average Bonchev–Trinajstić information content (AvgIpc) is 3.32. The Balaban J connectivity index is 1.45. The van der Waals surface area contributed by atoms with Gasteiger partial charge in [0.25, 0.3) is 5.91 Å². The van der Waals surface area contributed by atoms with E-state index in [1.807, 2.05) is 30.3 Å². The predicted octanol–water partition coefficient (Wildman–Crippen LogP) is 3.35. The van der Waals surface area contributed by atoms with Gasteiger partial charge in [-0.2, -0.15) is 0 Å². The highest BCUT2D eigenvalue weighted by Gasteiger charge is 2.44. The fourth-order valence-electron chi connectivity index (χ4n) is 3.98. The summed E-state index contributed by atoms with van der Waals surface area (Å²) in [5, 5.41) is 8.90. The molecule has 1 aliphatic rings. The number of ether oxygens (including phenoxy) is 2. The summed E-state index contributed by atoms with van der Waals surface area (Å²) in [4.78, 5) is 18.1. The third kappa shape index (κ3) is 7.12. The number of hydrazine groups is 1. The van der Waals surface area contributed by atoms with Gasteiger partial charge in [-0.3, -0.25) is 10.2 Å². The number of aliphatic hydroxyl groups is 1. The molecule has 3 aromatic carbocycles. The number of carbonyl (C=O) groups is 1. The lowest BCUT2D eigenvalue weighted by molar-refractivity contribution is -0.127. The van der Waals surface area contributed by atoms with Crippen LogP contribution in [0.1, 0.15) is 23.1 Å². The number of rotatable bonds is 12. The molecule has 0 radical (unpaired) electrons. The molecule has 1 atom stereocenters. The zero-order chi connectivity index (χ0) is 26.1. The van der Waals surface area contributed by atoms with E-state index in [2.05, 4.69) is 10.9 Å². The predicted molar refractivity (Wildman–Crippen MR) is 135 cm³/mol. The molecule has 7 nitrogen and oxygen atoms in total. The van der Waals surface area contributed by atoms with Gasteiger partial charge in [0.2, 0.25) is 5.90 Å². The van der Waals surface area contributed by atoms with Crippen molar-refractivity contribution in [3.63, 3.8) is 0 Å². The lowest BCUT2D eigenvalue weighted by Gasteiger charge is -2.23. The van der Waals surface area contributed by atoms with Crippen molar-refractivity contribution >= 4 is 11.8 Å². The second kappa shape index (κ2) is 12.4. The van der Waals surface area contributed by atoms with Gasteiger partial charge in [0.15, 0.2) is 5.54 Å². The molecule has 4 rings (SSSR count). The van der Waals surface area contributed by atoms with Crippen LogP contribution in [-0.2, 0) is 22.4 Å². The third-order valence-corrected chi connectivity index (χ3v) is 5.86. The summed E-state index contributed by atoms with van der Waals surface area (Å²) in [6, 6.07) is 20.1. The van der Waals surface area contributed by atoms with Gasteiger partial charge >= 0.3 is 0 Å². The highest BCUT2D eigenvalue weighted by molar-refractivity contribution is 6.00. The zero-order valence-corrected chi connectivity index (χ0v) is 20.3. The molecular weight excluding hydrogens is 480 g/mol. The first-order valence-electron chi connectivity index (χ1n) is 12.1. The van der Waals surface area contributed by atoms with Gasteiger partial charge in [0, 0.05) is 37.6 Å². The fourth-order valence-corrected chi connectivity index (χ4v) is 3.98. The molecule has 0 aromatic heterocycles. The Morgan fingerprint density at radius 1 is 1.03 bits per heavy atom. The number of aliphatic imine (C=N–C) groups is 1. The molecule has 0 bridgehead atoms. The van der Waals surface area contributed by atoms with E-state index in [0.717, 1.165) is 11.6 Å². The van der Waals surface area contributed by atoms with E-state index in [1.54, 1.807) is 24.3 Å². The average molecular weight is 510 g/mol. The van der Waals surface area contributed by atoms with Gasteiger partial charge in [-0.25, -0.2) is 19.2 Å². The van der Waals surface area contributed by atoms with Crippen molar-refractivity contribution in [2.45, 2.75) is 24.8 Å². The minimum absolute atomic E-state index is 0.0502. The number of aliphatic hydroxyl groups excluding tert-OH is 1. The SMILES string of the molecule is O=C(NNCCc1cc(F)cc(F)c1)[C@]1(Cc2ccccc2)COC(c2ccc(OCCCO)cc2)=N1. The van der Waals surface area contributed by atoms with Crippen molar-refractivity contribution in [3.05, 3.63) is 101 Å². The quantitative estimate of drug-likeness (QED) is 0.257. The van der Waals surface area contributed by atoms with Crippen molar-refractivity contribution in [2.75, 3.05) is 26.4 Å². The minimum atomic E-state index is -1.20. The number of hydrogen-bond donors (Lipinski definition) is 3. The van der Waals surface area contributed by atoms with Crippen LogP contribution in [-0.4, -0.2) is 48.8 Å². The molecule has 0 saturated heterocycles. The van der Waals surface area contributed by atoms with Crippen LogP contribution in [0.3, 0.4) is 0 Å². The zero-order valence-electron chi connectivity index (χ0n) is 20.3. The van der Waals surface area contributed by atoms with Gasteiger partial charge in [-0.15, -0.1) is 0 Å². The van der Waals surface area contributed by atoms with Crippen molar-refractivity contribution in [1.82, 2.24) is 10.9 Å². The van der Waals surface area contributed by atoms with Crippen molar-refractivity contribution < 1.29 is 28.2 Å². The monoisotopic (exact) mass is 509 g/mol. The summed E-state index contributed by atoms with van der Waals surface area (Å²) in [5.41, 5.74) is 6.44. The molecule has 1 amide bonds. The van der Waals surface area contributed by atoms with Crippen molar-refractivity contribution in [1.29, 1.82) is 0 Å². The number of halogens is 2. The van der Waals surface area contributed by atoms with Crippen LogP contribution < -0.4 is 15.6 Å². The second-order valence-electron chi connectivity index (χ2n) is 8.76. The molecule has 0 aliphatic carbocycles. The van der Waals surface area contributed by atoms with Gasteiger partial charge in [0.1, 0.15) is 24.0 Å². The number of benzene rings is 3. The van der Waals surface area contributed by atoms with Crippen LogP contribution in [0.4, 0.5) is 8.78 Å². The maximum absolute atomic E-state index is 13.4. The van der Waals surface area contributed by atoms with Crippen LogP contribution in [0.25, 0.3) is 0 Å². The summed E-state index contributed by atoms with van der Waals surface area (Å²) in [6.07, 6.45) is 1.18. The van der Waals surface area contributed by atoms with Crippen LogP contribution in [0.5, 0.6) is 5.75 Å². The van der Waals surface area contributed by atoms with E-state index in [4.69, 9.17) is 19.6 Å². The molecule has 9 heteroatoms. The summed E-state index contributed by atoms with van der Waals surface area (Å²) < 4.78 is 38.3. The first-order chi connectivity index (χ1) is 18.0. The number of nitrogens with zero attached hydrogens (tertiary/aromatic N) is 1. The molecule has 0 fully saturated rings. The summed E-state index contributed by atoms with van der Waals surface area (Å²) >= 11 is 0. The fraction of sp³-hybridized carbons (Fsp3) is 0.286. The standard InChI is InChI=1S/C28H29F2N3O4/c29-23-15-21(16-24(30)17-23)11-12-31-33-27(35)28(18-20-5-2-1-3-6-20)19-37-26(32-28)22-7-9-25(10-8-22)36-14-4-13-34/h1-3,5-10,15-17,31,34H,4,11-14,18-19H2,(H,33,35)/t28-/m0/s1. The van der Waals surface area contributed by atoms with Crippen molar-refractivity contribution in [2.24, 2.45) is 4.99 Å².